The van der Waals surface area contributed by atoms with Crippen molar-refractivity contribution in [1.82, 2.24) is 0 Å². The van der Waals surface area contributed by atoms with E-state index in [4.69, 9.17) is 5.73 Å². The summed E-state index contributed by atoms with van der Waals surface area (Å²) < 4.78 is 4.63. The van der Waals surface area contributed by atoms with Crippen LogP contribution in [-0.2, 0) is 19.1 Å². The molecule has 0 saturated carbocycles. The van der Waals surface area contributed by atoms with Crippen molar-refractivity contribution in [2.24, 2.45) is 5.73 Å². The smallest absolute Gasteiger partial charge is 0.550 e. The molecule has 2 N–H and O–H groups in total. The first kappa shape index (κ1) is 31.2. The third-order valence-electron chi connectivity index (χ3n) is 4.51. The number of ether oxygens (including phenoxy) is 1. The van der Waals surface area contributed by atoms with E-state index in [2.05, 4.69) is 36.0 Å². The number of nitrogens with two attached hydrogens (primary N) is 1. The Morgan fingerprint density at radius 2 is 1.43 bits per heavy atom. The monoisotopic (exact) mass is 431 g/mol. The van der Waals surface area contributed by atoms with Crippen LogP contribution in [0.25, 0.3) is 0 Å². The molecule has 0 aromatic rings. The molecule has 30 heavy (non-hydrogen) atoms. The van der Waals surface area contributed by atoms with Crippen molar-refractivity contribution in [3.63, 3.8) is 0 Å². The van der Waals surface area contributed by atoms with Gasteiger partial charge >= 0.3 is 41.5 Å². The molecular weight excluding hydrogens is 393 g/mol. The summed E-state index contributed by atoms with van der Waals surface area (Å²) in [5.41, 5.74) is 5.47. The van der Waals surface area contributed by atoms with Gasteiger partial charge in [-0.1, -0.05) is 63.3 Å². The SMILES string of the molecule is CCCCC/C=C\C/C=C\CCCCCCCC(=O)OC(=O)[C@@H](N)CCC(=O)[O-].[Na+]. The molecule has 166 valence electrons. The van der Waals surface area contributed by atoms with E-state index in [0.717, 1.165) is 38.5 Å². The van der Waals surface area contributed by atoms with Crippen LogP contribution in [0.1, 0.15) is 96.8 Å². The minimum atomic E-state index is -1.29. The number of carbonyl (C=O) groups is 3. The fourth-order valence-electron chi connectivity index (χ4n) is 2.71. The van der Waals surface area contributed by atoms with Gasteiger partial charge in [-0.05, 0) is 51.4 Å². The molecule has 6 nitrogen and oxygen atoms in total. The van der Waals surface area contributed by atoms with Crippen molar-refractivity contribution < 1.29 is 53.8 Å². The number of allylic oxidation sites excluding steroid dienone is 4. The van der Waals surface area contributed by atoms with Crippen molar-refractivity contribution in [3.05, 3.63) is 24.3 Å². The first-order chi connectivity index (χ1) is 14.0. The van der Waals surface area contributed by atoms with Crippen LogP contribution in [0.2, 0.25) is 0 Å². The first-order valence-corrected chi connectivity index (χ1v) is 11.0. The third kappa shape index (κ3) is 21.8. The van der Waals surface area contributed by atoms with Crippen molar-refractivity contribution in [2.75, 3.05) is 0 Å². The third-order valence-corrected chi connectivity index (χ3v) is 4.51. The van der Waals surface area contributed by atoms with Crippen LogP contribution in [0.3, 0.4) is 0 Å². The predicted molar refractivity (Wildman–Crippen MR) is 113 cm³/mol. The van der Waals surface area contributed by atoms with Crippen molar-refractivity contribution >= 4 is 17.9 Å². The summed E-state index contributed by atoms with van der Waals surface area (Å²) in [4.78, 5) is 33.4. The minimum absolute atomic E-state index is 0. The molecular formula is C23H38NNaO5. The van der Waals surface area contributed by atoms with Gasteiger partial charge in [0, 0.05) is 12.4 Å². The van der Waals surface area contributed by atoms with Crippen molar-refractivity contribution in [2.45, 2.75) is 103 Å². The maximum Gasteiger partial charge on any atom is 1.00 e. The quantitative estimate of drug-likeness (QED) is 0.113. The van der Waals surface area contributed by atoms with Crippen LogP contribution < -0.4 is 40.4 Å². The van der Waals surface area contributed by atoms with Crippen LogP contribution in [0, 0.1) is 0 Å². The number of carboxylic acids is 1. The summed E-state index contributed by atoms with van der Waals surface area (Å²) >= 11 is 0. The molecule has 0 aliphatic carbocycles. The van der Waals surface area contributed by atoms with Crippen LogP contribution in [0.4, 0.5) is 0 Å². The Balaban J connectivity index is 0. The summed E-state index contributed by atoms with van der Waals surface area (Å²) in [5, 5.41) is 10.3. The molecule has 0 heterocycles. The Morgan fingerprint density at radius 3 is 2.03 bits per heavy atom. The van der Waals surface area contributed by atoms with Crippen LogP contribution in [-0.4, -0.2) is 23.9 Å². The van der Waals surface area contributed by atoms with Gasteiger partial charge in [-0.2, -0.15) is 0 Å². The molecule has 7 heteroatoms. The van der Waals surface area contributed by atoms with Crippen LogP contribution in [0.15, 0.2) is 24.3 Å². The fraction of sp³-hybridized carbons (Fsp3) is 0.696. The van der Waals surface area contributed by atoms with E-state index >= 15 is 0 Å². The second-order valence-electron chi connectivity index (χ2n) is 7.29. The largest absolute Gasteiger partial charge is 1.00 e. The second kappa shape index (κ2) is 22.7. The molecule has 0 bridgehead atoms. The van der Waals surface area contributed by atoms with Gasteiger partial charge in [-0.15, -0.1) is 0 Å². The Bertz CT molecular complexity index is 520. The van der Waals surface area contributed by atoms with E-state index in [1.54, 1.807) is 0 Å². The average Bonchev–Trinajstić information content (AvgIpc) is 2.68. The summed E-state index contributed by atoms with van der Waals surface area (Å²) in [7, 11) is 0. The number of hydrogen-bond acceptors (Lipinski definition) is 6. The van der Waals surface area contributed by atoms with E-state index in [0.29, 0.717) is 6.42 Å². The minimum Gasteiger partial charge on any atom is -0.550 e. The normalized spacial score (nSPS) is 12.1. The molecule has 0 aliphatic heterocycles. The molecule has 0 radical (unpaired) electrons. The van der Waals surface area contributed by atoms with Crippen LogP contribution in [0.5, 0.6) is 0 Å². The molecule has 0 rings (SSSR count). The Kier molecular flexibility index (Phi) is 23.7. The van der Waals surface area contributed by atoms with Gasteiger partial charge in [-0.25, -0.2) is 4.79 Å². The number of hydrogen-bond donors (Lipinski definition) is 1. The number of aliphatic carboxylic acids is 1. The molecule has 0 spiro atoms. The zero-order valence-corrected chi connectivity index (χ0v) is 20.9. The zero-order chi connectivity index (χ0) is 21.7. The molecule has 0 aromatic heterocycles. The standard InChI is InChI=1S/C23H39NO5.Na/c1-2-3-4-5-6-7-8-9-10-11-12-13-14-15-16-17-22(27)29-23(28)20(24)18-19-21(25)26;/h6-7,9-10,20H,2-5,8,11-19,24H2,1H3,(H,25,26);/q;+1/p-1/b7-6-,10-9-;/t20-;/m0./s1. The number of carboxylic acid groups (broad SMARTS) is 1. The van der Waals surface area contributed by atoms with Gasteiger partial charge in [0.25, 0.3) is 0 Å². The number of rotatable bonds is 18. The first-order valence-electron chi connectivity index (χ1n) is 11.0. The molecule has 1 atom stereocenters. The van der Waals surface area contributed by atoms with Gasteiger partial charge in [0.2, 0.25) is 0 Å². The van der Waals surface area contributed by atoms with Crippen LogP contribution >= 0.6 is 0 Å². The van der Waals surface area contributed by atoms with E-state index in [1.807, 2.05) is 0 Å². The fourth-order valence-corrected chi connectivity index (χ4v) is 2.71. The molecule has 0 amide bonds. The summed E-state index contributed by atoms with van der Waals surface area (Å²) in [5.74, 6) is -2.77. The van der Waals surface area contributed by atoms with Gasteiger partial charge in [0.1, 0.15) is 6.04 Å². The predicted octanol–water partition coefficient (Wildman–Crippen LogP) is 0.731. The van der Waals surface area contributed by atoms with Crippen molar-refractivity contribution in [1.29, 1.82) is 0 Å². The molecule has 0 saturated heterocycles. The van der Waals surface area contributed by atoms with E-state index in [9.17, 15) is 19.5 Å². The molecule has 0 aliphatic rings. The Morgan fingerprint density at radius 1 is 0.867 bits per heavy atom. The number of unbranched alkanes of at least 4 members (excludes halogenated alkanes) is 8. The van der Waals surface area contributed by atoms with E-state index < -0.39 is 23.9 Å². The van der Waals surface area contributed by atoms with E-state index in [1.165, 1.54) is 25.7 Å². The molecule has 0 fully saturated rings. The molecule has 0 unspecified atom stereocenters. The Labute approximate surface area is 204 Å². The average molecular weight is 432 g/mol. The van der Waals surface area contributed by atoms with Gasteiger partial charge in [0.15, 0.2) is 0 Å². The van der Waals surface area contributed by atoms with E-state index in [-0.39, 0.29) is 48.8 Å². The maximum atomic E-state index is 11.6. The van der Waals surface area contributed by atoms with Gasteiger partial charge < -0.3 is 20.4 Å². The maximum absolute atomic E-state index is 11.6. The topological polar surface area (TPSA) is 110 Å². The summed E-state index contributed by atoms with van der Waals surface area (Å²) in [6, 6.07) is -1.11. The van der Waals surface area contributed by atoms with Gasteiger partial charge in [-0.3, -0.25) is 4.79 Å². The number of esters is 2. The summed E-state index contributed by atoms with van der Waals surface area (Å²) in [6.07, 6.45) is 20.6. The van der Waals surface area contributed by atoms with Crippen molar-refractivity contribution in [3.8, 4) is 0 Å². The van der Waals surface area contributed by atoms with Gasteiger partial charge in [0.05, 0.1) is 0 Å². The summed E-state index contributed by atoms with van der Waals surface area (Å²) in [6.45, 7) is 2.22. The second-order valence-corrected chi connectivity index (χ2v) is 7.29. The molecule has 0 aromatic carbocycles. The number of carbonyl (C=O) groups excluding carboxylic acids is 3. The Hall–Kier alpha value is -0.950. The zero-order valence-electron chi connectivity index (χ0n) is 18.9.